The van der Waals surface area contributed by atoms with Gasteiger partial charge in [-0.1, -0.05) is 23.7 Å². The first kappa shape index (κ1) is 15.1. The number of hydrogen-bond acceptors (Lipinski definition) is 3. The molecular formula is C15H16ClN3O2. The van der Waals surface area contributed by atoms with E-state index < -0.39 is 6.03 Å². The van der Waals surface area contributed by atoms with Gasteiger partial charge in [0.2, 0.25) is 0 Å². The highest BCUT2D eigenvalue weighted by Gasteiger charge is 2.04. The summed E-state index contributed by atoms with van der Waals surface area (Å²) in [5.74, 6) is 1.13. The van der Waals surface area contributed by atoms with Crippen molar-refractivity contribution in [3.8, 4) is 5.75 Å². The van der Waals surface area contributed by atoms with E-state index in [0.29, 0.717) is 10.8 Å². The number of pyridine rings is 1. The van der Waals surface area contributed by atoms with E-state index in [0.717, 1.165) is 16.9 Å². The number of aryl methyl sites for hydroxylation is 1. The van der Waals surface area contributed by atoms with Gasteiger partial charge in [0.05, 0.1) is 0 Å². The molecule has 2 amide bonds. The zero-order chi connectivity index (χ0) is 15.2. The molecule has 1 heterocycles. The van der Waals surface area contributed by atoms with Crippen LogP contribution in [-0.4, -0.2) is 17.7 Å². The van der Waals surface area contributed by atoms with Gasteiger partial charge in [-0.25, -0.2) is 9.78 Å². The molecule has 0 atom stereocenters. The molecule has 0 bridgehead atoms. The Hall–Kier alpha value is -2.27. The maximum atomic E-state index is 11.7. The Kier molecular flexibility index (Phi) is 5.00. The van der Waals surface area contributed by atoms with Crippen LogP contribution in [0.15, 0.2) is 36.5 Å². The third-order valence-corrected chi connectivity index (χ3v) is 3.21. The number of benzene rings is 1. The minimum Gasteiger partial charge on any atom is -0.473 e. The van der Waals surface area contributed by atoms with Gasteiger partial charge < -0.3 is 10.1 Å². The Morgan fingerprint density at radius 3 is 2.90 bits per heavy atom. The second-order valence-corrected chi connectivity index (χ2v) is 4.91. The topological polar surface area (TPSA) is 63.2 Å². The van der Waals surface area contributed by atoms with E-state index >= 15 is 0 Å². The molecule has 0 fully saturated rings. The van der Waals surface area contributed by atoms with E-state index in [4.69, 9.17) is 16.3 Å². The maximum absolute atomic E-state index is 11.7. The highest BCUT2D eigenvalue weighted by atomic mass is 35.5. The SMILES string of the molecule is Cc1cccc(OCNC(=O)Nc2cc(Cl)ccn2)c1C. The zero-order valence-electron chi connectivity index (χ0n) is 11.8. The molecule has 2 aromatic rings. The number of nitrogens with one attached hydrogen (secondary N) is 2. The van der Waals surface area contributed by atoms with Crippen LogP contribution in [0.2, 0.25) is 5.02 Å². The lowest BCUT2D eigenvalue weighted by molar-refractivity contribution is 0.234. The number of amides is 2. The fourth-order valence-corrected chi connectivity index (χ4v) is 1.85. The Morgan fingerprint density at radius 2 is 2.14 bits per heavy atom. The number of carbonyl (C=O) groups excluding carboxylic acids is 1. The Balaban J connectivity index is 1.83. The molecule has 21 heavy (non-hydrogen) atoms. The summed E-state index contributed by atoms with van der Waals surface area (Å²) in [4.78, 5) is 15.7. The summed E-state index contributed by atoms with van der Waals surface area (Å²) in [6, 6.07) is 8.57. The van der Waals surface area contributed by atoms with Crippen LogP contribution >= 0.6 is 11.6 Å². The molecule has 0 saturated heterocycles. The van der Waals surface area contributed by atoms with E-state index in [1.54, 1.807) is 12.1 Å². The van der Waals surface area contributed by atoms with Crippen LogP contribution < -0.4 is 15.4 Å². The third-order valence-electron chi connectivity index (χ3n) is 2.98. The third kappa shape index (κ3) is 4.36. The van der Waals surface area contributed by atoms with Gasteiger partial charge in [0.25, 0.3) is 0 Å². The van der Waals surface area contributed by atoms with Crippen LogP contribution in [0, 0.1) is 13.8 Å². The monoisotopic (exact) mass is 305 g/mol. The highest BCUT2D eigenvalue weighted by Crippen LogP contribution is 2.20. The van der Waals surface area contributed by atoms with Gasteiger partial charge in [0.15, 0.2) is 6.73 Å². The van der Waals surface area contributed by atoms with Crippen molar-refractivity contribution >= 4 is 23.4 Å². The van der Waals surface area contributed by atoms with E-state index in [-0.39, 0.29) is 6.73 Å². The molecule has 1 aromatic carbocycles. The second kappa shape index (κ2) is 6.95. The number of nitrogens with zero attached hydrogens (tertiary/aromatic N) is 1. The van der Waals surface area contributed by atoms with Gasteiger partial charge in [-0.2, -0.15) is 0 Å². The van der Waals surface area contributed by atoms with Crippen LogP contribution in [0.3, 0.4) is 0 Å². The molecule has 0 saturated carbocycles. The molecule has 110 valence electrons. The average molecular weight is 306 g/mol. The van der Waals surface area contributed by atoms with E-state index in [1.165, 1.54) is 6.20 Å². The number of urea groups is 1. The second-order valence-electron chi connectivity index (χ2n) is 4.48. The lowest BCUT2D eigenvalue weighted by atomic mass is 10.1. The Labute approximate surface area is 128 Å². The first-order chi connectivity index (χ1) is 10.1. The van der Waals surface area contributed by atoms with Crippen LogP contribution in [0.5, 0.6) is 5.75 Å². The van der Waals surface area contributed by atoms with Crippen molar-refractivity contribution in [2.75, 3.05) is 12.0 Å². The van der Waals surface area contributed by atoms with Crippen molar-refractivity contribution in [2.24, 2.45) is 0 Å². The normalized spacial score (nSPS) is 10.0. The molecule has 1 aromatic heterocycles. The van der Waals surface area contributed by atoms with Crippen molar-refractivity contribution in [3.05, 3.63) is 52.7 Å². The van der Waals surface area contributed by atoms with Crippen LogP contribution in [0.4, 0.5) is 10.6 Å². The van der Waals surface area contributed by atoms with E-state index in [1.807, 2.05) is 32.0 Å². The van der Waals surface area contributed by atoms with Gasteiger partial charge in [0, 0.05) is 11.2 Å². The first-order valence-corrected chi connectivity index (χ1v) is 6.79. The summed E-state index contributed by atoms with van der Waals surface area (Å²) in [6.45, 7) is 4.05. The summed E-state index contributed by atoms with van der Waals surface area (Å²) in [5, 5.41) is 5.67. The van der Waals surface area contributed by atoms with E-state index in [2.05, 4.69) is 15.6 Å². The minimum absolute atomic E-state index is 0.0662. The number of hydrogen-bond donors (Lipinski definition) is 2. The van der Waals surface area contributed by atoms with E-state index in [9.17, 15) is 4.79 Å². The molecule has 0 aliphatic heterocycles. The lowest BCUT2D eigenvalue weighted by Crippen LogP contribution is -2.32. The fourth-order valence-electron chi connectivity index (χ4n) is 1.69. The molecule has 0 spiro atoms. The summed E-state index contributed by atoms with van der Waals surface area (Å²) >= 11 is 5.81. The summed E-state index contributed by atoms with van der Waals surface area (Å²) in [7, 11) is 0. The number of ether oxygens (including phenoxy) is 1. The zero-order valence-corrected chi connectivity index (χ0v) is 12.6. The molecule has 2 rings (SSSR count). The average Bonchev–Trinajstić information content (AvgIpc) is 2.43. The number of aromatic nitrogens is 1. The predicted octanol–water partition coefficient (Wildman–Crippen LogP) is 3.51. The molecule has 0 aliphatic rings. The molecule has 2 N–H and O–H groups in total. The maximum Gasteiger partial charge on any atom is 0.323 e. The molecule has 5 nitrogen and oxygen atoms in total. The van der Waals surface area contributed by atoms with Crippen molar-refractivity contribution < 1.29 is 9.53 Å². The molecule has 0 radical (unpaired) electrons. The van der Waals surface area contributed by atoms with Gasteiger partial charge >= 0.3 is 6.03 Å². The summed E-state index contributed by atoms with van der Waals surface area (Å²) in [5.41, 5.74) is 2.19. The quantitative estimate of drug-likeness (QED) is 0.850. The van der Waals surface area contributed by atoms with Gasteiger partial charge in [0.1, 0.15) is 11.6 Å². The van der Waals surface area contributed by atoms with Gasteiger partial charge in [-0.05, 0) is 43.2 Å². The van der Waals surface area contributed by atoms with Crippen molar-refractivity contribution in [2.45, 2.75) is 13.8 Å². The molecule has 6 heteroatoms. The lowest BCUT2D eigenvalue weighted by Gasteiger charge is -2.12. The summed E-state index contributed by atoms with van der Waals surface area (Å²) in [6.07, 6.45) is 1.52. The summed E-state index contributed by atoms with van der Waals surface area (Å²) < 4.78 is 5.53. The number of halogens is 1. The molecular weight excluding hydrogens is 290 g/mol. The number of rotatable bonds is 4. The Morgan fingerprint density at radius 1 is 1.33 bits per heavy atom. The van der Waals surface area contributed by atoms with Crippen LogP contribution in [0.1, 0.15) is 11.1 Å². The van der Waals surface area contributed by atoms with Gasteiger partial charge in [-0.3, -0.25) is 5.32 Å². The van der Waals surface area contributed by atoms with Crippen molar-refractivity contribution in [1.29, 1.82) is 0 Å². The van der Waals surface area contributed by atoms with Crippen molar-refractivity contribution in [1.82, 2.24) is 10.3 Å². The standard InChI is InChI=1S/C15H16ClN3O2/c1-10-4-3-5-13(11(10)2)21-9-18-15(20)19-14-8-12(16)6-7-17-14/h3-8H,9H2,1-2H3,(H2,17,18,19,20). The largest absolute Gasteiger partial charge is 0.473 e. The fraction of sp³-hybridized carbons (Fsp3) is 0.200. The minimum atomic E-state index is -0.407. The highest BCUT2D eigenvalue weighted by molar-refractivity contribution is 6.30. The predicted molar refractivity (Wildman–Crippen MR) is 82.8 cm³/mol. The number of carbonyl (C=O) groups is 1. The smallest absolute Gasteiger partial charge is 0.323 e. The van der Waals surface area contributed by atoms with Gasteiger partial charge in [-0.15, -0.1) is 0 Å². The number of anilines is 1. The Bertz CT molecular complexity index is 647. The first-order valence-electron chi connectivity index (χ1n) is 6.41. The molecule has 0 aliphatic carbocycles. The van der Waals surface area contributed by atoms with Crippen LogP contribution in [-0.2, 0) is 0 Å². The van der Waals surface area contributed by atoms with Crippen LogP contribution in [0.25, 0.3) is 0 Å². The molecule has 0 unspecified atom stereocenters. The van der Waals surface area contributed by atoms with Crippen molar-refractivity contribution in [3.63, 3.8) is 0 Å².